The molecule has 2 unspecified atom stereocenters. The highest BCUT2D eigenvalue weighted by molar-refractivity contribution is 9.10. The topological polar surface area (TPSA) is 80.5 Å². The number of nitro groups is 1. The summed E-state index contributed by atoms with van der Waals surface area (Å²) in [6.07, 6.45) is 0. The van der Waals surface area contributed by atoms with Crippen molar-refractivity contribution < 1.29 is 14.5 Å². The smallest absolute Gasteiger partial charge is 0.270 e. The van der Waals surface area contributed by atoms with Crippen LogP contribution < -0.4 is 4.90 Å². The number of benzene rings is 3. The number of imide groups is 1. The van der Waals surface area contributed by atoms with Gasteiger partial charge in [0.1, 0.15) is 0 Å². The van der Waals surface area contributed by atoms with Gasteiger partial charge in [-0.2, -0.15) is 0 Å². The summed E-state index contributed by atoms with van der Waals surface area (Å²) in [5, 5.41) is 11.1. The van der Waals surface area contributed by atoms with Gasteiger partial charge in [-0.1, -0.05) is 48.5 Å². The minimum atomic E-state index is -0.505. The molecule has 2 amide bonds. The van der Waals surface area contributed by atoms with Crippen LogP contribution in [0.4, 0.5) is 11.4 Å². The number of hydrogen-bond acceptors (Lipinski definition) is 4. The highest BCUT2D eigenvalue weighted by Crippen LogP contribution is 2.61. The Bertz CT molecular complexity index is 1200. The number of anilines is 1. The van der Waals surface area contributed by atoms with Gasteiger partial charge in [0.25, 0.3) is 5.69 Å². The van der Waals surface area contributed by atoms with E-state index >= 15 is 0 Å². The van der Waals surface area contributed by atoms with Crippen molar-refractivity contribution >= 4 is 39.1 Å². The predicted molar refractivity (Wildman–Crippen MR) is 117 cm³/mol. The Hall–Kier alpha value is -3.32. The van der Waals surface area contributed by atoms with Crippen LogP contribution in [0.3, 0.4) is 0 Å². The van der Waals surface area contributed by atoms with Crippen molar-refractivity contribution in [3.63, 3.8) is 0 Å². The van der Waals surface area contributed by atoms with E-state index in [9.17, 15) is 19.7 Å². The monoisotopic (exact) mass is 474 g/mol. The maximum Gasteiger partial charge on any atom is 0.270 e. The SMILES string of the molecule is O=C1C2C3c4ccccc4C(c4ccccc43)C2C(=O)N1c1ccc([N+](=O)[O-])cc1Br. The minimum Gasteiger partial charge on any atom is -0.274 e. The molecular formula is C24H15BrN2O4. The lowest BCUT2D eigenvalue weighted by atomic mass is 9.55. The van der Waals surface area contributed by atoms with Crippen LogP contribution in [-0.4, -0.2) is 16.7 Å². The van der Waals surface area contributed by atoms with Gasteiger partial charge in [-0.25, -0.2) is 4.90 Å². The fourth-order valence-electron chi connectivity index (χ4n) is 5.71. The van der Waals surface area contributed by atoms with Gasteiger partial charge >= 0.3 is 0 Å². The molecule has 0 spiro atoms. The maximum absolute atomic E-state index is 13.7. The lowest BCUT2D eigenvalue weighted by molar-refractivity contribution is -0.384. The first-order chi connectivity index (χ1) is 15.0. The van der Waals surface area contributed by atoms with Crippen molar-refractivity contribution in [2.75, 3.05) is 4.90 Å². The van der Waals surface area contributed by atoms with E-state index in [1.807, 2.05) is 24.3 Å². The minimum absolute atomic E-state index is 0.105. The second kappa shape index (κ2) is 6.34. The Morgan fingerprint density at radius 3 is 1.61 bits per heavy atom. The Labute approximate surface area is 185 Å². The molecule has 1 aliphatic heterocycles. The standard InChI is InChI=1S/C24H15BrN2O4/c25-17-11-12(27(30)31)9-10-18(17)26-23(28)21-19-13-5-1-2-6-14(13)20(22(21)24(26)29)16-8-4-3-7-15(16)19/h1-11,19-22H. The molecule has 0 radical (unpaired) electrons. The summed E-state index contributed by atoms with van der Waals surface area (Å²) in [5.74, 6) is -1.82. The quantitative estimate of drug-likeness (QED) is 0.304. The largest absolute Gasteiger partial charge is 0.274 e. The highest BCUT2D eigenvalue weighted by Gasteiger charge is 2.61. The van der Waals surface area contributed by atoms with Crippen LogP contribution in [-0.2, 0) is 9.59 Å². The molecule has 0 N–H and O–H groups in total. The molecule has 7 rings (SSSR count). The van der Waals surface area contributed by atoms with Crippen molar-refractivity contribution in [1.82, 2.24) is 0 Å². The van der Waals surface area contributed by atoms with E-state index in [1.165, 1.54) is 23.1 Å². The van der Waals surface area contributed by atoms with Gasteiger partial charge in [-0.3, -0.25) is 19.7 Å². The van der Waals surface area contributed by atoms with Gasteiger partial charge in [0, 0.05) is 28.4 Å². The van der Waals surface area contributed by atoms with Gasteiger partial charge < -0.3 is 0 Å². The molecule has 1 saturated heterocycles. The molecule has 7 heteroatoms. The second-order valence-electron chi connectivity index (χ2n) is 8.17. The fraction of sp³-hybridized carbons (Fsp3) is 0.167. The normalized spacial score (nSPS) is 25.3. The van der Waals surface area contributed by atoms with Crippen LogP contribution in [0.25, 0.3) is 0 Å². The van der Waals surface area contributed by atoms with E-state index in [4.69, 9.17) is 0 Å². The van der Waals surface area contributed by atoms with Crippen molar-refractivity contribution in [3.8, 4) is 0 Å². The van der Waals surface area contributed by atoms with Crippen molar-refractivity contribution in [2.45, 2.75) is 11.8 Å². The van der Waals surface area contributed by atoms with Crippen LogP contribution in [0.2, 0.25) is 0 Å². The zero-order chi connectivity index (χ0) is 21.4. The van der Waals surface area contributed by atoms with E-state index in [2.05, 4.69) is 40.2 Å². The van der Waals surface area contributed by atoms with E-state index in [1.54, 1.807) is 0 Å². The molecule has 3 aliphatic carbocycles. The van der Waals surface area contributed by atoms with Crippen LogP contribution >= 0.6 is 15.9 Å². The summed E-state index contributed by atoms with van der Waals surface area (Å²) in [5.41, 5.74) is 4.68. The third-order valence-corrected chi connectivity index (χ3v) is 7.47. The highest BCUT2D eigenvalue weighted by atomic mass is 79.9. The van der Waals surface area contributed by atoms with Crippen LogP contribution in [0.1, 0.15) is 34.1 Å². The first kappa shape index (κ1) is 18.4. The Balaban J connectivity index is 1.53. The van der Waals surface area contributed by atoms with Gasteiger partial charge in [0.15, 0.2) is 0 Å². The van der Waals surface area contributed by atoms with Gasteiger partial charge in [-0.15, -0.1) is 0 Å². The molecule has 1 fully saturated rings. The van der Waals surface area contributed by atoms with Crippen molar-refractivity contribution in [3.05, 3.63) is 104 Å². The average Bonchev–Trinajstić information content (AvgIpc) is 3.04. The zero-order valence-electron chi connectivity index (χ0n) is 16.1. The molecule has 4 aliphatic rings. The van der Waals surface area contributed by atoms with Crippen molar-refractivity contribution in [2.24, 2.45) is 11.8 Å². The maximum atomic E-state index is 13.7. The molecule has 3 aromatic carbocycles. The Morgan fingerprint density at radius 1 is 0.774 bits per heavy atom. The molecule has 152 valence electrons. The fourth-order valence-corrected chi connectivity index (χ4v) is 6.25. The second-order valence-corrected chi connectivity index (χ2v) is 9.02. The van der Waals surface area contributed by atoms with E-state index in [0.29, 0.717) is 10.2 Å². The van der Waals surface area contributed by atoms with Gasteiger partial charge in [0.05, 0.1) is 22.4 Å². The lowest BCUT2D eigenvalue weighted by Crippen LogP contribution is -2.41. The summed E-state index contributed by atoms with van der Waals surface area (Å²) < 4.78 is 0.351. The number of nitro benzene ring substituents is 1. The molecule has 0 saturated carbocycles. The first-order valence-electron chi connectivity index (χ1n) is 9.98. The van der Waals surface area contributed by atoms with E-state index in [0.717, 1.165) is 22.3 Å². The van der Waals surface area contributed by atoms with Crippen LogP contribution in [0.15, 0.2) is 71.2 Å². The van der Waals surface area contributed by atoms with E-state index in [-0.39, 0.29) is 29.3 Å². The van der Waals surface area contributed by atoms with Gasteiger partial charge in [-0.05, 0) is 44.3 Å². The van der Waals surface area contributed by atoms with Crippen molar-refractivity contribution in [1.29, 1.82) is 0 Å². The third-order valence-electron chi connectivity index (χ3n) is 6.83. The van der Waals surface area contributed by atoms with Crippen LogP contribution in [0.5, 0.6) is 0 Å². The molecule has 31 heavy (non-hydrogen) atoms. The molecule has 3 aromatic rings. The number of carbonyl (C=O) groups is 2. The molecular weight excluding hydrogens is 460 g/mol. The summed E-state index contributed by atoms with van der Waals surface area (Å²) in [4.78, 5) is 39.2. The van der Waals surface area contributed by atoms with Crippen LogP contribution in [0, 0.1) is 22.0 Å². The Kier molecular flexibility index (Phi) is 3.77. The summed E-state index contributed by atoms with van der Waals surface area (Å²) in [6, 6.07) is 20.2. The third kappa shape index (κ3) is 2.32. The first-order valence-corrected chi connectivity index (χ1v) is 10.8. The van der Waals surface area contributed by atoms with E-state index < -0.39 is 16.8 Å². The number of non-ortho nitro benzene ring substituents is 1. The summed E-state index contributed by atoms with van der Waals surface area (Å²) in [6.45, 7) is 0. The zero-order valence-corrected chi connectivity index (χ0v) is 17.7. The Morgan fingerprint density at radius 2 is 1.23 bits per heavy atom. The number of amides is 2. The van der Waals surface area contributed by atoms with Gasteiger partial charge in [0.2, 0.25) is 11.8 Å². The number of carbonyl (C=O) groups excluding carboxylic acids is 2. The molecule has 2 bridgehead atoms. The number of halogens is 1. The lowest BCUT2D eigenvalue weighted by Gasteiger charge is -2.45. The number of rotatable bonds is 2. The molecule has 1 heterocycles. The average molecular weight is 475 g/mol. The summed E-state index contributed by atoms with van der Waals surface area (Å²) >= 11 is 3.33. The number of hydrogen-bond donors (Lipinski definition) is 0. The number of nitrogens with zero attached hydrogens (tertiary/aromatic N) is 2. The predicted octanol–water partition coefficient (Wildman–Crippen LogP) is 4.75. The summed E-state index contributed by atoms with van der Waals surface area (Å²) in [7, 11) is 0. The molecule has 6 nitrogen and oxygen atoms in total. The molecule has 0 aromatic heterocycles. The molecule has 2 atom stereocenters.